The van der Waals surface area contributed by atoms with Crippen LogP contribution in [0.5, 0.6) is 5.75 Å². The molecular weight excluding hydrogens is 239 g/mol. The molecule has 1 aromatic rings. The second kappa shape index (κ2) is 4.33. The maximum Gasteiger partial charge on any atom is 0.573 e. The lowest BCUT2D eigenvalue weighted by atomic mass is 10.0. The smallest absolute Gasteiger partial charge is 0.478 e. The van der Waals surface area contributed by atoms with Crippen molar-refractivity contribution in [2.24, 2.45) is 0 Å². The Balaban J connectivity index is 3.33. The van der Waals surface area contributed by atoms with Crippen molar-refractivity contribution >= 4 is 5.97 Å². The van der Waals surface area contributed by atoms with E-state index in [0.717, 1.165) is 12.1 Å². The monoisotopic (exact) mass is 245 g/mol. The van der Waals surface area contributed by atoms with Gasteiger partial charge in [-0.1, -0.05) is 0 Å². The number of rotatable bonds is 2. The summed E-state index contributed by atoms with van der Waals surface area (Å²) in [6.45, 7) is 1.24. The molecule has 1 rings (SSSR count). The van der Waals surface area contributed by atoms with Gasteiger partial charge in [-0.2, -0.15) is 5.26 Å². The highest BCUT2D eigenvalue weighted by Gasteiger charge is 2.32. The highest BCUT2D eigenvalue weighted by atomic mass is 19.4. The molecular formula is C10H6F3NO3. The van der Waals surface area contributed by atoms with E-state index in [9.17, 15) is 18.0 Å². The van der Waals surface area contributed by atoms with Crippen LogP contribution < -0.4 is 4.74 Å². The Morgan fingerprint density at radius 3 is 2.47 bits per heavy atom. The predicted octanol–water partition coefficient (Wildman–Crippen LogP) is 2.46. The minimum Gasteiger partial charge on any atom is -0.478 e. The SMILES string of the molecule is Cc1c(C(=O)O)ccc(OC(F)(F)F)c1C#N. The summed E-state index contributed by atoms with van der Waals surface area (Å²) in [6.07, 6.45) is -4.93. The molecule has 1 N–H and O–H groups in total. The van der Waals surface area contributed by atoms with Gasteiger partial charge in [-0.15, -0.1) is 13.2 Å². The number of ether oxygens (including phenoxy) is 1. The van der Waals surface area contributed by atoms with Crippen molar-refractivity contribution in [3.05, 3.63) is 28.8 Å². The molecule has 17 heavy (non-hydrogen) atoms. The van der Waals surface area contributed by atoms with Crippen LogP contribution in [0.1, 0.15) is 21.5 Å². The number of benzene rings is 1. The van der Waals surface area contributed by atoms with Crippen molar-refractivity contribution in [2.75, 3.05) is 0 Å². The van der Waals surface area contributed by atoms with E-state index in [0.29, 0.717) is 0 Å². The first kappa shape index (κ1) is 12.8. The number of hydrogen-bond acceptors (Lipinski definition) is 3. The lowest BCUT2D eigenvalue weighted by Gasteiger charge is -2.12. The second-order valence-corrected chi connectivity index (χ2v) is 3.08. The van der Waals surface area contributed by atoms with Gasteiger partial charge in [-0.3, -0.25) is 0 Å². The van der Waals surface area contributed by atoms with E-state index in [-0.39, 0.29) is 11.1 Å². The van der Waals surface area contributed by atoms with Crippen LogP contribution in [0.15, 0.2) is 12.1 Å². The number of alkyl halides is 3. The number of carboxylic acids is 1. The third-order valence-electron chi connectivity index (χ3n) is 1.99. The molecule has 0 aliphatic carbocycles. The molecule has 0 aromatic heterocycles. The number of carbonyl (C=O) groups is 1. The number of carboxylic acid groups (broad SMARTS) is 1. The Morgan fingerprint density at radius 1 is 1.47 bits per heavy atom. The van der Waals surface area contributed by atoms with Crippen molar-refractivity contribution in [1.82, 2.24) is 0 Å². The first-order chi connectivity index (χ1) is 7.76. The van der Waals surface area contributed by atoms with Crippen molar-refractivity contribution in [1.29, 1.82) is 5.26 Å². The molecule has 0 aliphatic heterocycles. The van der Waals surface area contributed by atoms with Gasteiger partial charge in [0.05, 0.1) is 11.1 Å². The van der Waals surface area contributed by atoms with E-state index < -0.39 is 23.6 Å². The van der Waals surface area contributed by atoms with Crippen molar-refractivity contribution in [3.63, 3.8) is 0 Å². The van der Waals surface area contributed by atoms with Crippen LogP contribution >= 0.6 is 0 Å². The molecule has 0 heterocycles. The predicted molar refractivity (Wildman–Crippen MR) is 49.5 cm³/mol. The Labute approximate surface area is 93.8 Å². The quantitative estimate of drug-likeness (QED) is 0.868. The third kappa shape index (κ3) is 2.87. The van der Waals surface area contributed by atoms with Crippen LogP contribution in [0.2, 0.25) is 0 Å². The van der Waals surface area contributed by atoms with Crippen molar-refractivity contribution in [3.8, 4) is 11.8 Å². The number of nitrogens with zero attached hydrogens (tertiary/aromatic N) is 1. The zero-order valence-electron chi connectivity index (χ0n) is 8.50. The lowest BCUT2D eigenvalue weighted by molar-refractivity contribution is -0.274. The molecule has 0 aliphatic rings. The molecule has 7 heteroatoms. The third-order valence-corrected chi connectivity index (χ3v) is 1.99. The standard InChI is InChI=1S/C10H6F3NO3/c1-5-6(9(15)16)2-3-8(7(5)4-14)17-10(11,12)13/h2-3H,1H3,(H,15,16). The van der Waals surface area contributed by atoms with E-state index in [1.165, 1.54) is 13.0 Å². The molecule has 0 amide bonds. The molecule has 0 bridgehead atoms. The molecule has 0 spiro atoms. The minimum atomic E-state index is -4.93. The largest absolute Gasteiger partial charge is 0.573 e. The summed E-state index contributed by atoms with van der Waals surface area (Å²) in [5.41, 5.74) is -0.750. The highest BCUT2D eigenvalue weighted by molar-refractivity contribution is 5.90. The van der Waals surface area contributed by atoms with Gasteiger partial charge in [-0.05, 0) is 24.6 Å². The second-order valence-electron chi connectivity index (χ2n) is 3.08. The first-order valence-electron chi connectivity index (χ1n) is 4.29. The van der Waals surface area contributed by atoms with Crippen LogP contribution in [-0.2, 0) is 0 Å². The summed E-state index contributed by atoms with van der Waals surface area (Å²) in [5.74, 6) is -2.03. The molecule has 90 valence electrons. The van der Waals surface area contributed by atoms with Gasteiger partial charge in [-0.25, -0.2) is 4.79 Å². The normalized spacial score (nSPS) is 10.8. The van der Waals surface area contributed by atoms with Crippen molar-refractivity contribution < 1.29 is 27.8 Å². The molecule has 0 saturated heterocycles. The fourth-order valence-electron chi connectivity index (χ4n) is 1.27. The Kier molecular flexibility index (Phi) is 3.27. The maximum atomic E-state index is 12.0. The number of aromatic carboxylic acids is 1. The van der Waals surface area contributed by atoms with E-state index in [4.69, 9.17) is 10.4 Å². The van der Waals surface area contributed by atoms with Gasteiger partial charge < -0.3 is 9.84 Å². The van der Waals surface area contributed by atoms with Crippen molar-refractivity contribution in [2.45, 2.75) is 13.3 Å². The molecule has 0 atom stereocenters. The molecule has 0 saturated carbocycles. The van der Waals surface area contributed by atoms with E-state index in [1.807, 2.05) is 0 Å². The maximum absolute atomic E-state index is 12.0. The number of hydrogen-bond donors (Lipinski definition) is 1. The summed E-state index contributed by atoms with van der Waals surface area (Å²) in [5, 5.41) is 17.4. The summed E-state index contributed by atoms with van der Waals surface area (Å²) in [6, 6.07) is 3.26. The summed E-state index contributed by atoms with van der Waals surface area (Å²) < 4.78 is 39.6. The van der Waals surface area contributed by atoms with Crippen LogP contribution in [-0.4, -0.2) is 17.4 Å². The van der Waals surface area contributed by atoms with Gasteiger partial charge in [0.25, 0.3) is 0 Å². The zero-order chi connectivity index (χ0) is 13.2. The topological polar surface area (TPSA) is 70.3 Å². The van der Waals surface area contributed by atoms with Gasteiger partial charge >= 0.3 is 12.3 Å². The minimum absolute atomic E-state index is 0.0678. The number of nitriles is 1. The molecule has 0 fully saturated rings. The van der Waals surface area contributed by atoms with Gasteiger partial charge in [0.15, 0.2) is 0 Å². The van der Waals surface area contributed by atoms with E-state index in [1.54, 1.807) is 0 Å². The fourth-order valence-corrected chi connectivity index (χ4v) is 1.27. The first-order valence-corrected chi connectivity index (χ1v) is 4.29. The van der Waals surface area contributed by atoms with Gasteiger partial charge in [0, 0.05) is 0 Å². The lowest BCUT2D eigenvalue weighted by Crippen LogP contribution is -2.18. The molecule has 0 unspecified atom stereocenters. The van der Waals surface area contributed by atoms with Crippen LogP contribution in [0.3, 0.4) is 0 Å². The number of halogens is 3. The molecule has 1 aromatic carbocycles. The summed E-state index contributed by atoms with van der Waals surface area (Å²) in [7, 11) is 0. The van der Waals surface area contributed by atoms with Gasteiger partial charge in [0.2, 0.25) is 0 Å². The summed E-state index contributed by atoms with van der Waals surface area (Å²) in [4.78, 5) is 10.7. The average Bonchev–Trinajstić information content (AvgIpc) is 2.15. The van der Waals surface area contributed by atoms with E-state index >= 15 is 0 Å². The van der Waals surface area contributed by atoms with E-state index in [2.05, 4.69) is 4.74 Å². The fraction of sp³-hybridized carbons (Fsp3) is 0.200. The molecule has 0 radical (unpaired) electrons. The summed E-state index contributed by atoms with van der Waals surface area (Å²) >= 11 is 0. The van der Waals surface area contributed by atoms with Crippen LogP contribution in [0, 0.1) is 18.3 Å². The highest BCUT2D eigenvalue weighted by Crippen LogP contribution is 2.29. The average molecular weight is 245 g/mol. The Hall–Kier alpha value is -2.23. The zero-order valence-corrected chi connectivity index (χ0v) is 8.50. The van der Waals surface area contributed by atoms with Gasteiger partial charge in [0.1, 0.15) is 11.8 Å². The Morgan fingerprint density at radius 2 is 2.06 bits per heavy atom. The Bertz CT molecular complexity index is 503. The van der Waals surface area contributed by atoms with Crippen LogP contribution in [0.4, 0.5) is 13.2 Å². The van der Waals surface area contributed by atoms with Crippen LogP contribution in [0.25, 0.3) is 0 Å². The molecule has 4 nitrogen and oxygen atoms in total.